The van der Waals surface area contributed by atoms with Crippen LogP contribution in [0, 0.1) is 0 Å². The molecule has 0 atom stereocenters. The van der Waals surface area contributed by atoms with E-state index in [1.807, 2.05) is 12.1 Å². The Morgan fingerprint density at radius 1 is 1.32 bits per heavy atom. The molecule has 0 saturated heterocycles. The number of nitrogens with one attached hydrogen (secondary N) is 1. The summed E-state index contributed by atoms with van der Waals surface area (Å²) in [5, 5.41) is 6.67. The minimum atomic E-state index is -0.0634. The predicted molar refractivity (Wildman–Crippen MR) is 84.2 cm³/mol. The van der Waals surface area contributed by atoms with Crippen molar-refractivity contribution < 1.29 is 9.32 Å². The average molecular weight is 302 g/mol. The Labute approximate surface area is 130 Å². The van der Waals surface area contributed by atoms with Gasteiger partial charge in [0, 0.05) is 31.5 Å². The van der Waals surface area contributed by atoms with E-state index in [-0.39, 0.29) is 5.91 Å². The van der Waals surface area contributed by atoms with Gasteiger partial charge in [-0.25, -0.2) is 0 Å². The van der Waals surface area contributed by atoms with E-state index in [4.69, 9.17) is 10.3 Å². The standard InChI is InChI=1S/C16H22N4O2/c1-11(2)12-3-5-13(6-4-12)16-19-15(22-20-16)8-7-14(21)18-10-9-17/h3-6,11H,7-10,17H2,1-2H3,(H,18,21). The van der Waals surface area contributed by atoms with Gasteiger partial charge < -0.3 is 15.6 Å². The number of nitrogens with two attached hydrogens (primary N) is 1. The summed E-state index contributed by atoms with van der Waals surface area (Å²) in [6.45, 7) is 5.22. The molecule has 0 aliphatic rings. The monoisotopic (exact) mass is 302 g/mol. The zero-order valence-corrected chi connectivity index (χ0v) is 13.0. The van der Waals surface area contributed by atoms with Crippen LogP contribution in [0.4, 0.5) is 0 Å². The summed E-state index contributed by atoms with van der Waals surface area (Å²) in [5.74, 6) is 1.44. The molecule has 0 aliphatic heterocycles. The molecule has 0 spiro atoms. The zero-order chi connectivity index (χ0) is 15.9. The van der Waals surface area contributed by atoms with Gasteiger partial charge >= 0.3 is 0 Å². The maximum atomic E-state index is 11.5. The normalized spacial score (nSPS) is 10.9. The number of carbonyl (C=O) groups excluding carboxylic acids is 1. The largest absolute Gasteiger partial charge is 0.355 e. The van der Waals surface area contributed by atoms with E-state index >= 15 is 0 Å². The molecule has 1 aromatic carbocycles. The van der Waals surface area contributed by atoms with Gasteiger partial charge in [-0.2, -0.15) is 4.98 Å². The second-order valence-electron chi connectivity index (χ2n) is 5.43. The van der Waals surface area contributed by atoms with Crippen LogP contribution in [0.15, 0.2) is 28.8 Å². The summed E-state index contributed by atoms with van der Waals surface area (Å²) in [5.41, 5.74) is 7.50. The number of aryl methyl sites for hydroxylation is 1. The number of aromatic nitrogens is 2. The molecular formula is C16H22N4O2. The Kier molecular flexibility index (Phi) is 5.66. The minimum absolute atomic E-state index is 0.0634. The number of amides is 1. The molecule has 0 fully saturated rings. The van der Waals surface area contributed by atoms with Gasteiger partial charge in [0.05, 0.1) is 0 Å². The van der Waals surface area contributed by atoms with E-state index in [1.54, 1.807) is 0 Å². The first-order chi connectivity index (χ1) is 10.6. The minimum Gasteiger partial charge on any atom is -0.355 e. The van der Waals surface area contributed by atoms with Crippen molar-refractivity contribution in [2.75, 3.05) is 13.1 Å². The Morgan fingerprint density at radius 3 is 2.68 bits per heavy atom. The fraction of sp³-hybridized carbons (Fsp3) is 0.438. The molecule has 0 aliphatic carbocycles. The third-order valence-electron chi connectivity index (χ3n) is 3.34. The summed E-state index contributed by atoms with van der Waals surface area (Å²) < 4.78 is 5.19. The van der Waals surface area contributed by atoms with Crippen LogP contribution in [-0.4, -0.2) is 29.1 Å². The second kappa shape index (κ2) is 7.70. The van der Waals surface area contributed by atoms with Crippen LogP contribution >= 0.6 is 0 Å². The van der Waals surface area contributed by atoms with E-state index in [0.29, 0.717) is 43.6 Å². The lowest BCUT2D eigenvalue weighted by atomic mass is 10.0. The predicted octanol–water partition coefficient (Wildman–Crippen LogP) is 1.87. The van der Waals surface area contributed by atoms with Crippen LogP contribution in [0.2, 0.25) is 0 Å². The molecule has 0 radical (unpaired) electrons. The first-order valence-electron chi connectivity index (χ1n) is 7.50. The lowest BCUT2D eigenvalue weighted by Gasteiger charge is -2.04. The molecule has 6 nitrogen and oxygen atoms in total. The third kappa shape index (κ3) is 4.39. The highest BCUT2D eigenvalue weighted by Gasteiger charge is 2.11. The Morgan fingerprint density at radius 2 is 2.05 bits per heavy atom. The van der Waals surface area contributed by atoms with Crippen LogP contribution in [0.3, 0.4) is 0 Å². The Hall–Kier alpha value is -2.21. The summed E-state index contributed by atoms with van der Waals surface area (Å²) in [6.07, 6.45) is 0.738. The molecule has 118 valence electrons. The number of hydrogen-bond acceptors (Lipinski definition) is 5. The van der Waals surface area contributed by atoms with E-state index in [9.17, 15) is 4.79 Å². The van der Waals surface area contributed by atoms with Gasteiger partial charge in [0.15, 0.2) is 0 Å². The van der Waals surface area contributed by atoms with Gasteiger partial charge in [-0.05, 0) is 11.5 Å². The summed E-state index contributed by atoms with van der Waals surface area (Å²) in [7, 11) is 0. The van der Waals surface area contributed by atoms with Crippen LogP contribution in [0.1, 0.15) is 37.6 Å². The van der Waals surface area contributed by atoms with Crippen molar-refractivity contribution >= 4 is 5.91 Å². The van der Waals surface area contributed by atoms with Gasteiger partial charge in [0.1, 0.15) is 0 Å². The molecule has 0 bridgehead atoms. The van der Waals surface area contributed by atoms with Crippen LogP contribution in [0.5, 0.6) is 0 Å². The molecule has 22 heavy (non-hydrogen) atoms. The maximum absolute atomic E-state index is 11.5. The van der Waals surface area contributed by atoms with Crippen molar-refractivity contribution in [2.24, 2.45) is 5.73 Å². The third-order valence-corrected chi connectivity index (χ3v) is 3.34. The molecule has 2 rings (SSSR count). The lowest BCUT2D eigenvalue weighted by Crippen LogP contribution is -2.29. The number of rotatable bonds is 7. The highest BCUT2D eigenvalue weighted by molar-refractivity contribution is 5.76. The molecular weight excluding hydrogens is 280 g/mol. The highest BCUT2D eigenvalue weighted by atomic mass is 16.5. The fourth-order valence-corrected chi connectivity index (χ4v) is 2.01. The Balaban J connectivity index is 1.94. The number of hydrogen-bond donors (Lipinski definition) is 2. The van der Waals surface area contributed by atoms with E-state index in [1.165, 1.54) is 5.56 Å². The molecule has 0 unspecified atom stereocenters. The fourth-order valence-electron chi connectivity index (χ4n) is 2.01. The van der Waals surface area contributed by atoms with Crippen LogP contribution in [-0.2, 0) is 11.2 Å². The van der Waals surface area contributed by atoms with Crippen molar-refractivity contribution in [3.05, 3.63) is 35.7 Å². The first kappa shape index (κ1) is 16.2. The Bertz CT molecular complexity index is 605. The topological polar surface area (TPSA) is 94.0 Å². The molecule has 3 N–H and O–H groups in total. The molecule has 1 amide bonds. The van der Waals surface area contributed by atoms with Crippen molar-refractivity contribution in [2.45, 2.75) is 32.6 Å². The van der Waals surface area contributed by atoms with E-state index in [2.05, 4.69) is 41.4 Å². The van der Waals surface area contributed by atoms with Gasteiger partial charge in [-0.3, -0.25) is 4.79 Å². The number of carbonyl (C=O) groups is 1. The molecule has 1 aromatic heterocycles. The number of nitrogens with zero attached hydrogens (tertiary/aromatic N) is 2. The maximum Gasteiger partial charge on any atom is 0.227 e. The first-order valence-corrected chi connectivity index (χ1v) is 7.50. The summed E-state index contributed by atoms with van der Waals surface area (Å²) >= 11 is 0. The number of benzene rings is 1. The molecule has 0 saturated carbocycles. The van der Waals surface area contributed by atoms with Gasteiger partial charge in [0.2, 0.25) is 17.6 Å². The lowest BCUT2D eigenvalue weighted by molar-refractivity contribution is -0.121. The zero-order valence-electron chi connectivity index (χ0n) is 13.0. The molecule has 1 heterocycles. The van der Waals surface area contributed by atoms with E-state index in [0.717, 1.165) is 5.56 Å². The van der Waals surface area contributed by atoms with Crippen molar-refractivity contribution in [1.29, 1.82) is 0 Å². The average Bonchev–Trinajstić information content (AvgIpc) is 3.00. The quantitative estimate of drug-likeness (QED) is 0.814. The smallest absolute Gasteiger partial charge is 0.227 e. The van der Waals surface area contributed by atoms with Gasteiger partial charge in [0.25, 0.3) is 0 Å². The highest BCUT2D eigenvalue weighted by Crippen LogP contribution is 2.20. The van der Waals surface area contributed by atoms with Crippen molar-refractivity contribution in [3.63, 3.8) is 0 Å². The van der Waals surface area contributed by atoms with Gasteiger partial charge in [-0.15, -0.1) is 0 Å². The molecule has 6 heteroatoms. The van der Waals surface area contributed by atoms with Crippen LogP contribution in [0.25, 0.3) is 11.4 Å². The van der Waals surface area contributed by atoms with Crippen molar-refractivity contribution in [3.8, 4) is 11.4 Å². The second-order valence-corrected chi connectivity index (χ2v) is 5.43. The van der Waals surface area contributed by atoms with E-state index < -0.39 is 0 Å². The summed E-state index contributed by atoms with van der Waals surface area (Å²) in [6, 6.07) is 8.10. The van der Waals surface area contributed by atoms with Gasteiger partial charge in [-0.1, -0.05) is 43.3 Å². The summed E-state index contributed by atoms with van der Waals surface area (Å²) in [4.78, 5) is 15.8. The van der Waals surface area contributed by atoms with Crippen LogP contribution < -0.4 is 11.1 Å². The SMILES string of the molecule is CC(C)c1ccc(-c2noc(CCC(=O)NCCN)n2)cc1. The molecule has 2 aromatic rings. The van der Waals surface area contributed by atoms with Crippen molar-refractivity contribution in [1.82, 2.24) is 15.5 Å².